The Bertz CT molecular complexity index is 3120. The van der Waals surface area contributed by atoms with E-state index in [2.05, 4.69) is 143 Å². The van der Waals surface area contributed by atoms with E-state index in [1.165, 1.54) is 5.56 Å². The van der Waals surface area contributed by atoms with E-state index < -0.39 is 0 Å². The Hall–Kier alpha value is -7.24. The van der Waals surface area contributed by atoms with E-state index in [-0.39, 0.29) is 0 Å². The third kappa shape index (κ3) is 4.13. The van der Waals surface area contributed by atoms with Crippen LogP contribution >= 0.6 is 0 Å². The number of hydrogen-bond acceptors (Lipinski definition) is 4. The number of aromatic nitrogens is 1. The van der Waals surface area contributed by atoms with Crippen molar-refractivity contribution >= 4 is 60.8 Å². The van der Waals surface area contributed by atoms with Gasteiger partial charge in [0.05, 0.1) is 11.0 Å². The summed E-state index contributed by atoms with van der Waals surface area (Å²) in [6.45, 7) is 0. The third-order valence-corrected chi connectivity index (χ3v) is 10.7. The smallest absolute Gasteiger partial charge is 0.155 e. The molecule has 2 aliphatic rings. The van der Waals surface area contributed by atoms with Gasteiger partial charge < -0.3 is 18.8 Å². The van der Waals surface area contributed by atoms with E-state index in [0.29, 0.717) is 0 Å². The van der Waals surface area contributed by atoms with E-state index in [0.717, 1.165) is 106 Å². The second-order valence-electron chi connectivity index (χ2n) is 13.7. The summed E-state index contributed by atoms with van der Waals surface area (Å²) in [4.78, 5) is 2.30. The fraction of sp³-hybridized carbons (Fsp3) is 0. The molecular weight excluding hydrogens is 653 g/mol. The van der Waals surface area contributed by atoms with E-state index in [1.807, 2.05) is 36.4 Å². The van der Waals surface area contributed by atoms with Gasteiger partial charge in [-0.25, -0.2) is 0 Å². The Kier molecular flexibility index (Phi) is 5.71. The topological polar surface area (TPSA) is 39.8 Å². The maximum absolute atomic E-state index is 6.62. The maximum Gasteiger partial charge on any atom is 0.155 e. The van der Waals surface area contributed by atoms with Crippen molar-refractivity contribution in [2.45, 2.75) is 0 Å². The minimum absolute atomic E-state index is 0.797. The van der Waals surface area contributed by atoms with Crippen molar-refractivity contribution in [3.8, 4) is 50.9 Å². The SMILES string of the molecule is c1ccc(-c2cccc(N(c3ccc(-c4cc5c6c(c4)c4cccc7c4n6-c4c(cccc4O5)O7)cc3)c3ccc4c(c3)oc3ccccc34)c2)cc1. The zero-order valence-electron chi connectivity index (χ0n) is 28.3. The Morgan fingerprint density at radius 1 is 0.358 bits per heavy atom. The molecule has 0 aliphatic carbocycles. The molecule has 5 nitrogen and oxygen atoms in total. The van der Waals surface area contributed by atoms with Crippen molar-refractivity contribution in [3.05, 3.63) is 170 Å². The van der Waals surface area contributed by atoms with Crippen LogP contribution in [0.25, 0.3) is 71.7 Å². The van der Waals surface area contributed by atoms with Crippen LogP contribution in [0.1, 0.15) is 0 Å². The van der Waals surface area contributed by atoms with Gasteiger partial charge in [-0.15, -0.1) is 0 Å². The van der Waals surface area contributed by atoms with Crippen LogP contribution in [0.3, 0.4) is 0 Å². The highest BCUT2D eigenvalue weighted by Gasteiger charge is 2.32. The summed E-state index contributed by atoms with van der Waals surface area (Å²) in [5, 5.41) is 4.51. The largest absolute Gasteiger partial charge is 0.456 e. The van der Waals surface area contributed by atoms with Gasteiger partial charge in [0.25, 0.3) is 0 Å². The predicted molar refractivity (Wildman–Crippen MR) is 214 cm³/mol. The maximum atomic E-state index is 6.62. The molecule has 0 bridgehead atoms. The van der Waals surface area contributed by atoms with Crippen molar-refractivity contribution in [1.82, 2.24) is 4.57 Å². The fourth-order valence-corrected chi connectivity index (χ4v) is 8.36. The van der Waals surface area contributed by atoms with Crippen LogP contribution in [0.2, 0.25) is 0 Å². The lowest BCUT2D eigenvalue weighted by atomic mass is 10.0. The van der Waals surface area contributed by atoms with Crippen molar-refractivity contribution in [2.75, 3.05) is 4.90 Å². The molecule has 53 heavy (non-hydrogen) atoms. The summed E-state index contributed by atoms with van der Waals surface area (Å²) < 4.78 is 21.7. The quantitative estimate of drug-likeness (QED) is 0.181. The first kappa shape index (κ1) is 28.5. The zero-order chi connectivity index (χ0) is 34.6. The fourth-order valence-electron chi connectivity index (χ4n) is 8.36. The van der Waals surface area contributed by atoms with Crippen LogP contribution < -0.4 is 14.4 Å². The molecule has 0 N–H and O–H groups in total. The average Bonchev–Trinajstić information content (AvgIpc) is 3.76. The van der Waals surface area contributed by atoms with E-state index in [9.17, 15) is 0 Å². The molecule has 10 aromatic rings. The number of ether oxygens (including phenoxy) is 2. The Morgan fingerprint density at radius 2 is 1.00 bits per heavy atom. The highest BCUT2D eigenvalue weighted by Crippen LogP contribution is 2.54. The number of nitrogens with zero attached hydrogens (tertiary/aromatic N) is 2. The van der Waals surface area contributed by atoms with Crippen LogP contribution in [0.5, 0.6) is 23.0 Å². The van der Waals surface area contributed by atoms with Crippen LogP contribution in [-0.4, -0.2) is 4.57 Å². The van der Waals surface area contributed by atoms with Crippen molar-refractivity contribution in [2.24, 2.45) is 0 Å². The summed E-state index contributed by atoms with van der Waals surface area (Å²) in [5.41, 5.74) is 12.5. The summed E-state index contributed by atoms with van der Waals surface area (Å²) >= 11 is 0. The minimum Gasteiger partial charge on any atom is -0.456 e. The normalized spacial score (nSPS) is 12.5. The molecule has 12 rings (SSSR count). The zero-order valence-corrected chi connectivity index (χ0v) is 28.3. The highest BCUT2D eigenvalue weighted by molar-refractivity contribution is 6.16. The van der Waals surface area contributed by atoms with Crippen LogP contribution in [0, 0.1) is 0 Å². The van der Waals surface area contributed by atoms with Crippen molar-refractivity contribution < 1.29 is 13.9 Å². The summed E-state index contributed by atoms with van der Waals surface area (Å²) in [7, 11) is 0. The number of furan rings is 1. The van der Waals surface area contributed by atoms with E-state index in [1.54, 1.807) is 0 Å². The molecule has 0 radical (unpaired) electrons. The number of rotatable bonds is 5. The molecule has 0 saturated heterocycles. The molecule has 5 heteroatoms. The minimum atomic E-state index is 0.797. The molecule has 2 aromatic heterocycles. The summed E-state index contributed by atoms with van der Waals surface area (Å²) in [6.07, 6.45) is 0. The predicted octanol–water partition coefficient (Wildman–Crippen LogP) is 13.7. The van der Waals surface area contributed by atoms with Gasteiger partial charge in [0.2, 0.25) is 0 Å². The van der Waals surface area contributed by atoms with Crippen molar-refractivity contribution in [3.63, 3.8) is 0 Å². The molecule has 8 aromatic carbocycles. The van der Waals surface area contributed by atoms with Gasteiger partial charge in [-0.05, 0) is 95.1 Å². The lowest BCUT2D eigenvalue weighted by Crippen LogP contribution is -2.10. The molecule has 0 atom stereocenters. The number of para-hydroxylation sites is 3. The third-order valence-electron chi connectivity index (χ3n) is 10.7. The highest BCUT2D eigenvalue weighted by atomic mass is 16.5. The number of hydrogen-bond donors (Lipinski definition) is 0. The molecule has 2 aliphatic heterocycles. The first-order chi connectivity index (χ1) is 26.2. The van der Waals surface area contributed by atoms with Crippen LogP contribution in [0.15, 0.2) is 174 Å². The first-order valence-corrected chi connectivity index (χ1v) is 17.8. The average molecular weight is 681 g/mol. The van der Waals surface area contributed by atoms with E-state index in [4.69, 9.17) is 13.9 Å². The summed E-state index contributed by atoms with van der Waals surface area (Å²) in [5.74, 6) is 3.31. The van der Waals surface area contributed by atoms with Crippen LogP contribution in [0.4, 0.5) is 17.1 Å². The molecule has 0 amide bonds. The molecule has 0 saturated carbocycles. The molecule has 0 spiro atoms. The number of benzene rings is 8. The van der Waals surface area contributed by atoms with Gasteiger partial charge in [0, 0.05) is 44.7 Å². The molecule has 0 unspecified atom stereocenters. The van der Waals surface area contributed by atoms with Crippen LogP contribution in [-0.2, 0) is 0 Å². The van der Waals surface area contributed by atoms with Gasteiger partial charge in [-0.3, -0.25) is 4.57 Å². The van der Waals surface area contributed by atoms with Gasteiger partial charge >= 0.3 is 0 Å². The first-order valence-electron chi connectivity index (χ1n) is 17.8. The van der Waals surface area contributed by atoms with E-state index >= 15 is 0 Å². The van der Waals surface area contributed by atoms with Gasteiger partial charge in [-0.2, -0.15) is 0 Å². The molecular formula is C48H28N2O3. The standard InChI is InChI=1S/C48H28N2O3/c1-2-9-29(10-3-1)31-11-6-12-34(25-31)49(35-23-24-37-36-13-4-5-15-40(36)51-44(37)28-35)33-21-19-30(20-22-33)32-26-39-38-14-7-16-41-46(38)50-47(39)45(27-32)53-43-18-8-17-42(52-41)48(43)50/h1-28H. The monoisotopic (exact) mass is 680 g/mol. The molecule has 0 fully saturated rings. The van der Waals surface area contributed by atoms with Gasteiger partial charge in [-0.1, -0.05) is 91.0 Å². The van der Waals surface area contributed by atoms with Gasteiger partial charge in [0.1, 0.15) is 16.9 Å². The lowest BCUT2D eigenvalue weighted by molar-refractivity contribution is 0.444. The lowest BCUT2D eigenvalue weighted by Gasteiger charge is -2.27. The Balaban J connectivity index is 1.01. The molecule has 248 valence electrons. The number of fused-ring (bicyclic) bond motifs is 4. The second kappa shape index (κ2) is 10.6. The second-order valence-corrected chi connectivity index (χ2v) is 13.7. The Labute approximate surface area is 304 Å². The van der Waals surface area contributed by atoms with Gasteiger partial charge in [0.15, 0.2) is 23.0 Å². The number of anilines is 3. The summed E-state index contributed by atoms with van der Waals surface area (Å²) in [6, 6.07) is 59.5. The molecule has 4 heterocycles. The Morgan fingerprint density at radius 3 is 1.89 bits per heavy atom. The van der Waals surface area contributed by atoms with Crippen molar-refractivity contribution in [1.29, 1.82) is 0 Å².